The maximum Gasteiger partial charge on any atom is 0.243 e. The second kappa shape index (κ2) is 9.80. The van der Waals surface area contributed by atoms with Gasteiger partial charge in [0.05, 0.1) is 33.1 Å². The average molecular weight is 466 g/mol. The topological polar surface area (TPSA) is 75.7 Å². The number of nitrogens with one attached hydrogen (secondary N) is 1. The highest BCUT2D eigenvalue weighted by molar-refractivity contribution is 7.89. The number of anilines is 1. The zero-order valence-electron chi connectivity index (χ0n) is 15.2. The minimum absolute atomic E-state index is 0.0230. The van der Waals surface area contributed by atoms with Crippen LogP contribution in [0, 0.1) is 0 Å². The molecule has 0 aliphatic carbocycles. The Morgan fingerprint density at radius 2 is 1.75 bits per heavy atom. The molecule has 2 aromatic carbocycles. The highest BCUT2D eigenvalue weighted by atomic mass is 35.5. The number of amides is 1. The molecule has 0 spiro atoms. The molecule has 0 atom stereocenters. The first-order chi connectivity index (χ1) is 13.2. The van der Waals surface area contributed by atoms with Crippen molar-refractivity contribution in [2.24, 2.45) is 0 Å². The number of halogens is 3. The maximum atomic E-state index is 12.9. The van der Waals surface area contributed by atoms with Crippen LogP contribution in [-0.2, 0) is 14.8 Å². The van der Waals surface area contributed by atoms with Crippen molar-refractivity contribution in [1.82, 2.24) is 4.31 Å². The van der Waals surface area contributed by atoms with Crippen LogP contribution in [0.15, 0.2) is 41.3 Å². The smallest absolute Gasteiger partial charge is 0.243 e. The van der Waals surface area contributed by atoms with E-state index in [1.54, 1.807) is 19.9 Å². The van der Waals surface area contributed by atoms with Gasteiger partial charge in [-0.05, 0) is 43.3 Å². The number of carbonyl (C=O) groups is 1. The average Bonchev–Trinajstić information content (AvgIpc) is 2.64. The molecule has 0 aromatic heterocycles. The Labute approximate surface area is 179 Å². The van der Waals surface area contributed by atoms with Gasteiger partial charge in [0.25, 0.3) is 0 Å². The lowest BCUT2D eigenvalue weighted by Gasteiger charge is -2.20. The molecular formula is C18H19Cl3N2O4S. The highest BCUT2D eigenvalue weighted by Crippen LogP contribution is 2.29. The van der Waals surface area contributed by atoms with E-state index < -0.39 is 15.9 Å². The molecule has 2 rings (SSSR count). The van der Waals surface area contributed by atoms with E-state index in [1.807, 2.05) is 0 Å². The Bertz CT molecular complexity index is 967. The number of likely N-dealkylation sites (N-methyl/N-ethyl adjacent to an activating group) is 1. The van der Waals surface area contributed by atoms with Gasteiger partial charge in [-0.2, -0.15) is 4.31 Å². The van der Waals surface area contributed by atoms with Gasteiger partial charge < -0.3 is 10.1 Å². The van der Waals surface area contributed by atoms with Crippen LogP contribution in [0.5, 0.6) is 5.75 Å². The van der Waals surface area contributed by atoms with Crippen molar-refractivity contribution in [3.8, 4) is 5.75 Å². The van der Waals surface area contributed by atoms with Gasteiger partial charge in [0.15, 0.2) is 0 Å². The fourth-order valence-corrected chi connectivity index (χ4v) is 4.39. The Kier molecular flexibility index (Phi) is 7.97. The van der Waals surface area contributed by atoms with E-state index in [0.717, 1.165) is 4.31 Å². The largest absolute Gasteiger partial charge is 0.492 e. The van der Waals surface area contributed by atoms with Crippen LogP contribution in [0.3, 0.4) is 0 Å². The van der Waals surface area contributed by atoms with Crippen LogP contribution >= 0.6 is 34.8 Å². The van der Waals surface area contributed by atoms with E-state index in [0.29, 0.717) is 23.1 Å². The molecule has 28 heavy (non-hydrogen) atoms. The number of rotatable bonds is 8. The van der Waals surface area contributed by atoms with Crippen molar-refractivity contribution in [1.29, 1.82) is 0 Å². The number of benzene rings is 2. The molecule has 0 heterocycles. The molecule has 152 valence electrons. The van der Waals surface area contributed by atoms with Crippen molar-refractivity contribution >= 4 is 56.4 Å². The third-order valence-electron chi connectivity index (χ3n) is 3.72. The van der Waals surface area contributed by atoms with Gasteiger partial charge in [0.2, 0.25) is 15.9 Å². The fraction of sp³-hybridized carbons (Fsp3) is 0.278. The molecule has 0 bridgehead atoms. The molecule has 0 fully saturated rings. The Morgan fingerprint density at radius 1 is 1.04 bits per heavy atom. The van der Waals surface area contributed by atoms with E-state index in [4.69, 9.17) is 39.5 Å². The molecule has 6 nitrogen and oxygen atoms in total. The van der Waals surface area contributed by atoms with E-state index in [2.05, 4.69) is 5.32 Å². The normalized spacial score (nSPS) is 11.5. The summed E-state index contributed by atoms with van der Waals surface area (Å²) in [6, 6.07) is 8.78. The third-order valence-corrected chi connectivity index (χ3v) is 6.67. The maximum absolute atomic E-state index is 12.9. The second-order valence-corrected chi connectivity index (χ2v) is 8.79. The Morgan fingerprint density at radius 3 is 2.32 bits per heavy atom. The fourth-order valence-electron chi connectivity index (χ4n) is 2.36. The molecule has 0 radical (unpaired) electrons. The van der Waals surface area contributed by atoms with E-state index in [9.17, 15) is 13.2 Å². The van der Waals surface area contributed by atoms with Crippen molar-refractivity contribution in [2.75, 3.05) is 25.0 Å². The summed E-state index contributed by atoms with van der Waals surface area (Å²) in [6.07, 6.45) is 0. The first-order valence-electron chi connectivity index (χ1n) is 8.36. The van der Waals surface area contributed by atoms with Gasteiger partial charge in [0, 0.05) is 12.2 Å². The van der Waals surface area contributed by atoms with Crippen LogP contribution in [0.25, 0.3) is 0 Å². The molecule has 1 N–H and O–H groups in total. The van der Waals surface area contributed by atoms with Gasteiger partial charge in [0.1, 0.15) is 5.75 Å². The highest BCUT2D eigenvalue weighted by Gasteiger charge is 2.26. The predicted octanol–water partition coefficient (Wildman–Crippen LogP) is 4.69. The summed E-state index contributed by atoms with van der Waals surface area (Å²) in [7, 11) is -3.92. The monoisotopic (exact) mass is 464 g/mol. The number of carbonyl (C=O) groups excluding carboxylic acids is 1. The quantitative estimate of drug-likeness (QED) is 0.613. The van der Waals surface area contributed by atoms with Crippen molar-refractivity contribution in [3.05, 3.63) is 51.5 Å². The molecule has 0 aliphatic heterocycles. The Balaban J connectivity index is 2.17. The van der Waals surface area contributed by atoms with E-state index in [1.165, 1.54) is 30.3 Å². The van der Waals surface area contributed by atoms with Gasteiger partial charge >= 0.3 is 0 Å². The third kappa shape index (κ3) is 5.52. The number of sulfonamides is 1. The zero-order chi connectivity index (χ0) is 20.9. The predicted molar refractivity (Wildman–Crippen MR) is 112 cm³/mol. The summed E-state index contributed by atoms with van der Waals surface area (Å²) in [5, 5.41) is 3.41. The van der Waals surface area contributed by atoms with Crippen LogP contribution < -0.4 is 10.1 Å². The lowest BCUT2D eigenvalue weighted by Crippen LogP contribution is -2.37. The first kappa shape index (κ1) is 22.8. The number of ether oxygens (including phenoxy) is 1. The molecule has 10 heteroatoms. The minimum Gasteiger partial charge on any atom is -0.492 e. The lowest BCUT2D eigenvalue weighted by molar-refractivity contribution is -0.116. The molecule has 1 amide bonds. The second-order valence-electron chi connectivity index (χ2n) is 5.63. The standard InChI is InChI=1S/C18H19Cl3N2O4S/c1-3-23(11-18(24)22-12-5-7-14(19)15(20)9-12)28(25,26)13-6-8-17(27-4-2)16(21)10-13/h5-10H,3-4,11H2,1-2H3,(H,22,24). The van der Waals surface area contributed by atoms with Gasteiger partial charge in [-0.25, -0.2) is 8.42 Å². The van der Waals surface area contributed by atoms with Gasteiger partial charge in [-0.1, -0.05) is 41.7 Å². The lowest BCUT2D eigenvalue weighted by atomic mass is 10.3. The molecule has 2 aromatic rings. The summed E-state index contributed by atoms with van der Waals surface area (Å²) in [4.78, 5) is 12.3. The van der Waals surface area contributed by atoms with Crippen molar-refractivity contribution in [2.45, 2.75) is 18.7 Å². The zero-order valence-corrected chi connectivity index (χ0v) is 18.3. The van der Waals surface area contributed by atoms with Crippen LogP contribution in [-0.4, -0.2) is 38.3 Å². The molecule has 0 aliphatic rings. The van der Waals surface area contributed by atoms with Crippen LogP contribution in [0.1, 0.15) is 13.8 Å². The minimum atomic E-state index is -3.92. The van der Waals surface area contributed by atoms with Crippen molar-refractivity contribution < 1.29 is 17.9 Å². The van der Waals surface area contributed by atoms with Crippen LogP contribution in [0.2, 0.25) is 15.1 Å². The van der Waals surface area contributed by atoms with Crippen LogP contribution in [0.4, 0.5) is 5.69 Å². The summed E-state index contributed by atoms with van der Waals surface area (Å²) in [6.45, 7) is 3.57. The number of hydrogen-bond donors (Lipinski definition) is 1. The Hall–Kier alpha value is -1.51. The summed E-state index contributed by atoms with van der Waals surface area (Å²) >= 11 is 17.9. The van der Waals surface area contributed by atoms with Gasteiger partial charge in [-0.3, -0.25) is 4.79 Å². The van der Waals surface area contributed by atoms with Crippen molar-refractivity contribution in [3.63, 3.8) is 0 Å². The SMILES string of the molecule is CCOc1ccc(S(=O)(=O)N(CC)CC(=O)Nc2ccc(Cl)c(Cl)c2)cc1Cl. The molecular weight excluding hydrogens is 447 g/mol. The molecule has 0 saturated heterocycles. The summed E-state index contributed by atoms with van der Waals surface area (Å²) in [5.41, 5.74) is 0.414. The number of nitrogens with zero attached hydrogens (tertiary/aromatic N) is 1. The van der Waals surface area contributed by atoms with Gasteiger partial charge in [-0.15, -0.1) is 0 Å². The van der Waals surface area contributed by atoms with E-state index >= 15 is 0 Å². The summed E-state index contributed by atoms with van der Waals surface area (Å²) in [5.74, 6) is -0.121. The molecule has 0 unspecified atom stereocenters. The molecule has 0 saturated carbocycles. The first-order valence-corrected chi connectivity index (χ1v) is 10.9. The summed E-state index contributed by atoms with van der Waals surface area (Å²) < 4.78 is 32.1. The number of hydrogen-bond acceptors (Lipinski definition) is 4. The van der Waals surface area contributed by atoms with E-state index in [-0.39, 0.29) is 28.0 Å².